The van der Waals surface area contributed by atoms with Gasteiger partial charge < -0.3 is 20.7 Å². The highest BCUT2D eigenvalue weighted by atomic mass is 16.5. The van der Waals surface area contributed by atoms with Crippen LogP contribution in [0.4, 0.5) is 4.79 Å². The molecule has 0 aromatic heterocycles. The molecule has 5 amide bonds. The molecular weight excluding hydrogens is 364 g/mol. The zero-order valence-electron chi connectivity index (χ0n) is 16.5. The Morgan fingerprint density at radius 3 is 2.32 bits per heavy atom. The molecule has 1 fully saturated rings. The summed E-state index contributed by atoms with van der Waals surface area (Å²) in [6.45, 7) is 5.21. The van der Waals surface area contributed by atoms with Crippen LogP contribution in [0.5, 0.6) is 5.75 Å². The first-order valence-electron chi connectivity index (χ1n) is 9.02. The number of carbonyl (C=O) groups is 4. The van der Waals surface area contributed by atoms with Gasteiger partial charge in [0.2, 0.25) is 11.8 Å². The normalized spacial score (nSPS) is 18.8. The van der Waals surface area contributed by atoms with E-state index in [9.17, 15) is 19.2 Å². The lowest BCUT2D eigenvalue weighted by molar-refractivity contribution is -0.134. The molecule has 1 atom stereocenters. The van der Waals surface area contributed by atoms with Gasteiger partial charge in [0.1, 0.15) is 17.8 Å². The van der Waals surface area contributed by atoms with Crippen molar-refractivity contribution in [3.63, 3.8) is 0 Å². The van der Waals surface area contributed by atoms with Crippen molar-refractivity contribution in [1.82, 2.24) is 20.9 Å². The molecule has 0 saturated carbocycles. The van der Waals surface area contributed by atoms with Crippen molar-refractivity contribution in [1.29, 1.82) is 0 Å². The van der Waals surface area contributed by atoms with Gasteiger partial charge in [-0.05, 0) is 24.6 Å². The van der Waals surface area contributed by atoms with Crippen molar-refractivity contribution in [3.8, 4) is 5.75 Å². The summed E-state index contributed by atoms with van der Waals surface area (Å²) in [6.07, 6.45) is 0. The van der Waals surface area contributed by atoms with Gasteiger partial charge in [-0.2, -0.15) is 0 Å². The van der Waals surface area contributed by atoms with E-state index in [1.54, 1.807) is 45.0 Å². The van der Waals surface area contributed by atoms with Crippen LogP contribution >= 0.6 is 0 Å². The molecule has 9 nitrogen and oxygen atoms in total. The average Bonchev–Trinajstić information content (AvgIpc) is 2.89. The van der Waals surface area contributed by atoms with Crippen LogP contribution < -0.4 is 20.7 Å². The topological polar surface area (TPSA) is 117 Å². The van der Waals surface area contributed by atoms with Crippen LogP contribution in [-0.4, -0.2) is 55.4 Å². The largest absolute Gasteiger partial charge is 0.497 e. The van der Waals surface area contributed by atoms with Gasteiger partial charge in [0.05, 0.1) is 7.11 Å². The highest BCUT2D eigenvalue weighted by Gasteiger charge is 2.49. The Labute approximate surface area is 163 Å². The Kier molecular flexibility index (Phi) is 6.61. The van der Waals surface area contributed by atoms with E-state index < -0.39 is 29.9 Å². The molecule has 0 spiro atoms. The number of hydrogen-bond donors (Lipinski definition) is 3. The van der Waals surface area contributed by atoms with Crippen molar-refractivity contribution < 1.29 is 23.9 Å². The van der Waals surface area contributed by atoms with Crippen LogP contribution in [0, 0.1) is 5.92 Å². The molecule has 152 valence electrons. The fourth-order valence-electron chi connectivity index (χ4n) is 2.75. The summed E-state index contributed by atoms with van der Waals surface area (Å²) in [5, 5.41) is 7.90. The summed E-state index contributed by atoms with van der Waals surface area (Å²) >= 11 is 0. The van der Waals surface area contributed by atoms with Gasteiger partial charge >= 0.3 is 6.03 Å². The van der Waals surface area contributed by atoms with Gasteiger partial charge in [0, 0.05) is 19.0 Å². The van der Waals surface area contributed by atoms with Gasteiger partial charge in [0.25, 0.3) is 5.91 Å². The monoisotopic (exact) mass is 390 g/mol. The van der Waals surface area contributed by atoms with Gasteiger partial charge in [-0.3, -0.25) is 19.3 Å². The van der Waals surface area contributed by atoms with E-state index in [4.69, 9.17) is 4.74 Å². The Balaban J connectivity index is 1.93. The molecular formula is C19H26N4O5. The minimum atomic E-state index is -1.26. The Bertz CT molecular complexity index is 762. The van der Waals surface area contributed by atoms with E-state index in [-0.39, 0.29) is 24.9 Å². The van der Waals surface area contributed by atoms with Crippen molar-refractivity contribution in [2.24, 2.45) is 5.92 Å². The van der Waals surface area contributed by atoms with Crippen LogP contribution in [0.2, 0.25) is 0 Å². The predicted molar refractivity (Wildman–Crippen MR) is 101 cm³/mol. The molecule has 1 aliphatic rings. The third kappa shape index (κ3) is 4.59. The standard InChI is InChI=1S/C19H26N4O5/c1-12(2)16(25)21-10-9-20-15(24)11-23-17(26)19(3,22-18(23)27)13-5-7-14(28-4)8-6-13/h5-8,12H,9-11H2,1-4H3,(H,20,24)(H,21,25)(H,22,27). The average molecular weight is 390 g/mol. The van der Waals surface area contributed by atoms with Gasteiger partial charge in [-0.25, -0.2) is 4.79 Å². The van der Waals surface area contributed by atoms with E-state index in [0.717, 1.165) is 4.90 Å². The maximum atomic E-state index is 12.8. The molecule has 9 heteroatoms. The molecule has 2 rings (SSSR count). The Hall–Kier alpha value is -3.10. The summed E-state index contributed by atoms with van der Waals surface area (Å²) in [4.78, 5) is 49.5. The number of benzene rings is 1. The number of ether oxygens (including phenoxy) is 1. The first kappa shape index (κ1) is 21.2. The fourth-order valence-corrected chi connectivity index (χ4v) is 2.75. The molecule has 0 aliphatic carbocycles. The van der Waals surface area contributed by atoms with E-state index in [1.165, 1.54) is 7.11 Å². The molecule has 0 bridgehead atoms. The first-order valence-corrected chi connectivity index (χ1v) is 9.02. The number of nitrogens with one attached hydrogen (secondary N) is 3. The lowest BCUT2D eigenvalue weighted by atomic mass is 9.92. The third-order valence-corrected chi connectivity index (χ3v) is 4.51. The summed E-state index contributed by atoms with van der Waals surface area (Å²) in [5.74, 6) is -0.618. The minimum Gasteiger partial charge on any atom is -0.497 e. The summed E-state index contributed by atoms with van der Waals surface area (Å²) in [5.41, 5.74) is -0.666. The van der Waals surface area contributed by atoms with Crippen LogP contribution in [-0.2, 0) is 19.9 Å². The first-order chi connectivity index (χ1) is 13.2. The minimum absolute atomic E-state index is 0.112. The molecule has 1 aromatic carbocycles. The lowest BCUT2D eigenvalue weighted by Crippen LogP contribution is -2.44. The molecule has 28 heavy (non-hydrogen) atoms. The molecule has 0 radical (unpaired) electrons. The summed E-state index contributed by atoms with van der Waals surface area (Å²) in [6, 6.07) is 6.14. The van der Waals surface area contributed by atoms with Gasteiger partial charge in [-0.1, -0.05) is 26.0 Å². The van der Waals surface area contributed by atoms with Gasteiger partial charge in [-0.15, -0.1) is 0 Å². The van der Waals surface area contributed by atoms with Crippen LogP contribution in [0.15, 0.2) is 24.3 Å². The maximum absolute atomic E-state index is 12.8. The zero-order chi connectivity index (χ0) is 20.9. The molecule has 3 N–H and O–H groups in total. The smallest absolute Gasteiger partial charge is 0.325 e. The number of nitrogens with zero attached hydrogens (tertiary/aromatic N) is 1. The van der Waals surface area contributed by atoms with E-state index >= 15 is 0 Å². The SMILES string of the molecule is COc1ccc(C2(C)NC(=O)N(CC(=O)NCCNC(=O)C(C)C)C2=O)cc1. The predicted octanol–water partition coefficient (Wildman–Crippen LogP) is 0.351. The number of urea groups is 1. The van der Waals surface area contributed by atoms with Crippen LogP contribution in [0.3, 0.4) is 0 Å². The molecule has 1 unspecified atom stereocenters. The van der Waals surface area contributed by atoms with E-state index in [0.29, 0.717) is 11.3 Å². The second-order valence-electron chi connectivity index (χ2n) is 6.97. The highest BCUT2D eigenvalue weighted by molar-refractivity contribution is 6.09. The second kappa shape index (κ2) is 8.73. The highest BCUT2D eigenvalue weighted by Crippen LogP contribution is 2.29. The summed E-state index contributed by atoms with van der Waals surface area (Å²) in [7, 11) is 1.54. The number of methoxy groups -OCH3 is 1. The third-order valence-electron chi connectivity index (χ3n) is 4.51. The lowest BCUT2D eigenvalue weighted by Gasteiger charge is -2.22. The maximum Gasteiger partial charge on any atom is 0.325 e. The Morgan fingerprint density at radius 1 is 1.14 bits per heavy atom. The Morgan fingerprint density at radius 2 is 1.75 bits per heavy atom. The van der Waals surface area contributed by atoms with E-state index in [1.807, 2.05) is 0 Å². The molecule has 1 saturated heterocycles. The number of rotatable bonds is 8. The van der Waals surface area contributed by atoms with Crippen LogP contribution in [0.1, 0.15) is 26.3 Å². The quantitative estimate of drug-likeness (QED) is 0.437. The van der Waals surface area contributed by atoms with Crippen molar-refractivity contribution in [2.75, 3.05) is 26.7 Å². The van der Waals surface area contributed by atoms with Crippen molar-refractivity contribution >= 4 is 23.8 Å². The molecule has 1 aromatic rings. The molecule has 1 aliphatic heterocycles. The van der Waals surface area contributed by atoms with Gasteiger partial charge in [0.15, 0.2) is 0 Å². The van der Waals surface area contributed by atoms with Crippen molar-refractivity contribution in [2.45, 2.75) is 26.3 Å². The number of amides is 5. The summed E-state index contributed by atoms with van der Waals surface area (Å²) < 4.78 is 5.10. The number of hydrogen-bond acceptors (Lipinski definition) is 5. The van der Waals surface area contributed by atoms with Crippen LogP contribution in [0.25, 0.3) is 0 Å². The number of carbonyl (C=O) groups excluding carboxylic acids is 4. The molecule has 1 heterocycles. The van der Waals surface area contributed by atoms with E-state index in [2.05, 4.69) is 16.0 Å². The number of imide groups is 1. The zero-order valence-corrected chi connectivity index (χ0v) is 16.5. The second-order valence-corrected chi connectivity index (χ2v) is 6.97. The fraction of sp³-hybridized carbons (Fsp3) is 0.474. The van der Waals surface area contributed by atoms with Crippen molar-refractivity contribution in [3.05, 3.63) is 29.8 Å².